The van der Waals surface area contributed by atoms with Crippen molar-refractivity contribution in [3.8, 4) is 5.88 Å². The Kier molecular flexibility index (Phi) is 3.45. The van der Waals surface area contributed by atoms with Gasteiger partial charge in [-0.1, -0.05) is 0 Å². The Morgan fingerprint density at radius 3 is 3.08 bits per heavy atom. The lowest BCUT2D eigenvalue weighted by Gasteiger charge is -2.00. The lowest BCUT2D eigenvalue weighted by Crippen LogP contribution is -2.11. The van der Waals surface area contributed by atoms with Crippen LogP contribution in [0.4, 0.5) is 0 Å². The first kappa shape index (κ1) is 9.73. The second-order valence-electron chi connectivity index (χ2n) is 2.50. The molecule has 0 amide bonds. The summed E-state index contributed by atoms with van der Waals surface area (Å²) in [4.78, 5) is 17.1. The van der Waals surface area contributed by atoms with E-state index in [4.69, 9.17) is 9.84 Å². The predicted octanol–water partition coefficient (Wildman–Crippen LogP) is 0.0545. The first-order valence-corrected chi connectivity index (χ1v) is 4.09. The molecular weight excluding hydrogens is 172 g/mol. The fourth-order valence-electron chi connectivity index (χ4n) is 0.926. The number of rotatable bonds is 4. The third kappa shape index (κ3) is 3.25. The zero-order valence-corrected chi connectivity index (χ0v) is 7.41. The molecule has 0 aliphatic heterocycles. The summed E-state index contributed by atoms with van der Waals surface area (Å²) in [5, 5.41) is 8.98. The second kappa shape index (κ2) is 4.61. The fraction of sp³-hybridized carbons (Fsp3) is 0.500. The molecule has 72 valence electrons. The third-order valence-electron chi connectivity index (χ3n) is 1.46. The van der Waals surface area contributed by atoms with Crippen LogP contribution >= 0.6 is 0 Å². The van der Waals surface area contributed by atoms with Gasteiger partial charge in [0.1, 0.15) is 5.82 Å². The molecule has 0 radical (unpaired) electrons. The van der Waals surface area contributed by atoms with Gasteiger partial charge in [0.25, 0.3) is 5.56 Å². The first-order valence-electron chi connectivity index (χ1n) is 4.09. The van der Waals surface area contributed by atoms with Crippen molar-refractivity contribution in [1.29, 1.82) is 0 Å². The van der Waals surface area contributed by atoms with Crippen LogP contribution in [0.1, 0.15) is 12.7 Å². The molecule has 5 nitrogen and oxygen atoms in total. The molecule has 0 aromatic carbocycles. The maximum Gasteiger partial charge on any atom is 0.254 e. The van der Waals surface area contributed by atoms with Gasteiger partial charge < -0.3 is 14.8 Å². The van der Waals surface area contributed by atoms with Crippen molar-refractivity contribution < 1.29 is 9.84 Å². The average Bonchev–Trinajstić information content (AvgIpc) is 2.03. The number of ether oxygens (including phenoxy) is 1. The molecule has 1 rings (SSSR count). The average molecular weight is 184 g/mol. The zero-order valence-electron chi connectivity index (χ0n) is 7.41. The van der Waals surface area contributed by atoms with E-state index < -0.39 is 0 Å². The zero-order chi connectivity index (χ0) is 9.68. The van der Waals surface area contributed by atoms with Gasteiger partial charge in [0.15, 0.2) is 0 Å². The molecule has 0 aliphatic carbocycles. The van der Waals surface area contributed by atoms with Gasteiger partial charge in [-0.3, -0.25) is 4.79 Å². The summed E-state index contributed by atoms with van der Waals surface area (Å²) in [5.41, 5.74) is -0.348. The Hall–Kier alpha value is -1.36. The molecule has 0 saturated carbocycles. The number of hydrogen-bond acceptors (Lipinski definition) is 4. The van der Waals surface area contributed by atoms with Gasteiger partial charge in [-0.2, -0.15) is 0 Å². The van der Waals surface area contributed by atoms with Gasteiger partial charge in [-0.15, -0.1) is 0 Å². The third-order valence-corrected chi connectivity index (χ3v) is 1.46. The molecule has 13 heavy (non-hydrogen) atoms. The quantitative estimate of drug-likeness (QED) is 0.648. The summed E-state index contributed by atoms with van der Waals surface area (Å²) in [7, 11) is 0. The fourth-order valence-corrected chi connectivity index (χ4v) is 0.926. The van der Waals surface area contributed by atoms with Crippen LogP contribution in [0.15, 0.2) is 10.9 Å². The Bertz CT molecular complexity index is 321. The highest BCUT2D eigenvalue weighted by molar-refractivity contribution is 5.06. The second-order valence-corrected chi connectivity index (χ2v) is 2.50. The van der Waals surface area contributed by atoms with Crippen molar-refractivity contribution in [3.63, 3.8) is 0 Å². The van der Waals surface area contributed by atoms with Gasteiger partial charge in [-0.05, 0) is 6.92 Å². The summed E-state index contributed by atoms with van der Waals surface area (Å²) in [6, 6.07) is 1.03. The molecule has 1 aromatic rings. The number of aromatic hydroxyl groups is 1. The van der Waals surface area contributed by atoms with E-state index in [2.05, 4.69) is 9.97 Å². The van der Waals surface area contributed by atoms with E-state index in [0.29, 0.717) is 25.5 Å². The van der Waals surface area contributed by atoms with E-state index in [1.165, 1.54) is 0 Å². The van der Waals surface area contributed by atoms with Gasteiger partial charge in [0.2, 0.25) is 5.88 Å². The van der Waals surface area contributed by atoms with E-state index in [1.54, 1.807) is 0 Å². The Labute approximate surface area is 75.4 Å². The highest BCUT2D eigenvalue weighted by atomic mass is 16.5. The Morgan fingerprint density at radius 1 is 1.69 bits per heavy atom. The number of hydrogen-bond donors (Lipinski definition) is 2. The maximum absolute atomic E-state index is 10.8. The van der Waals surface area contributed by atoms with E-state index in [0.717, 1.165) is 6.07 Å². The van der Waals surface area contributed by atoms with Crippen LogP contribution < -0.4 is 5.56 Å². The Balaban J connectivity index is 2.61. The highest BCUT2D eigenvalue weighted by Crippen LogP contribution is 1.98. The van der Waals surface area contributed by atoms with Crippen molar-refractivity contribution in [3.05, 3.63) is 22.2 Å². The molecule has 0 saturated heterocycles. The van der Waals surface area contributed by atoms with Crippen LogP contribution in [0.3, 0.4) is 0 Å². The van der Waals surface area contributed by atoms with E-state index in [-0.39, 0.29) is 11.4 Å². The predicted molar refractivity (Wildman–Crippen MR) is 46.7 cm³/mol. The normalized spacial score (nSPS) is 10.2. The monoisotopic (exact) mass is 184 g/mol. The van der Waals surface area contributed by atoms with Gasteiger partial charge in [0.05, 0.1) is 12.7 Å². The number of H-pyrrole nitrogens is 1. The number of aromatic amines is 1. The van der Waals surface area contributed by atoms with Crippen molar-refractivity contribution in [2.75, 3.05) is 13.2 Å². The topological polar surface area (TPSA) is 75.2 Å². The summed E-state index contributed by atoms with van der Waals surface area (Å²) in [6.45, 7) is 3.00. The van der Waals surface area contributed by atoms with Gasteiger partial charge in [0, 0.05) is 13.0 Å². The number of nitrogens with one attached hydrogen (secondary N) is 1. The SMILES string of the molecule is CCOCCc1nc(O)cc(=O)[nH]1. The minimum absolute atomic E-state index is 0.254. The van der Waals surface area contributed by atoms with Crippen molar-refractivity contribution in [2.24, 2.45) is 0 Å². The lowest BCUT2D eigenvalue weighted by atomic mass is 10.4. The molecule has 1 aromatic heterocycles. The summed E-state index contributed by atoms with van der Waals surface area (Å²) in [6.07, 6.45) is 0.498. The Morgan fingerprint density at radius 2 is 2.46 bits per heavy atom. The van der Waals surface area contributed by atoms with E-state index in [9.17, 15) is 4.79 Å². The summed E-state index contributed by atoms with van der Waals surface area (Å²) in [5.74, 6) is 0.189. The smallest absolute Gasteiger partial charge is 0.254 e. The molecule has 0 bridgehead atoms. The minimum atomic E-state index is -0.348. The molecule has 0 aliphatic rings. The van der Waals surface area contributed by atoms with Crippen LogP contribution in [0.25, 0.3) is 0 Å². The minimum Gasteiger partial charge on any atom is -0.493 e. The largest absolute Gasteiger partial charge is 0.493 e. The van der Waals surface area contributed by atoms with Crippen molar-refractivity contribution >= 4 is 0 Å². The molecule has 0 unspecified atom stereocenters. The van der Waals surface area contributed by atoms with Gasteiger partial charge >= 0.3 is 0 Å². The van der Waals surface area contributed by atoms with E-state index in [1.807, 2.05) is 6.92 Å². The highest BCUT2D eigenvalue weighted by Gasteiger charge is 1.98. The standard InChI is InChI=1S/C8H12N2O3/c1-2-13-4-3-6-9-7(11)5-8(12)10-6/h5H,2-4H2,1H3,(H2,9,10,11,12). The molecule has 0 fully saturated rings. The van der Waals surface area contributed by atoms with Crippen LogP contribution in [0, 0.1) is 0 Å². The molecule has 0 atom stereocenters. The molecule has 0 spiro atoms. The maximum atomic E-state index is 10.8. The first-order chi connectivity index (χ1) is 6.22. The lowest BCUT2D eigenvalue weighted by molar-refractivity contribution is 0.149. The van der Waals surface area contributed by atoms with E-state index >= 15 is 0 Å². The molecule has 2 N–H and O–H groups in total. The molecule has 1 heterocycles. The number of aromatic nitrogens is 2. The van der Waals surface area contributed by atoms with Crippen molar-refractivity contribution in [1.82, 2.24) is 9.97 Å². The molecule has 5 heteroatoms. The van der Waals surface area contributed by atoms with Crippen LogP contribution in [-0.4, -0.2) is 28.3 Å². The van der Waals surface area contributed by atoms with Crippen LogP contribution in [0.2, 0.25) is 0 Å². The number of nitrogens with zero attached hydrogens (tertiary/aromatic N) is 1. The molecular formula is C8H12N2O3. The summed E-state index contributed by atoms with van der Waals surface area (Å²) < 4.78 is 5.07. The van der Waals surface area contributed by atoms with Crippen LogP contribution in [-0.2, 0) is 11.2 Å². The summed E-state index contributed by atoms with van der Waals surface area (Å²) >= 11 is 0. The van der Waals surface area contributed by atoms with Gasteiger partial charge in [-0.25, -0.2) is 4.98 Å². The van der Waals surface area contributed by atoms with Crippen LogP contribution in [0.5, 0.6) is 5.88 Å². The van der Waals surface area contributed by atoms with Crippen molar-refractivity contribution in [2.45, 2.75) is 13.3 Å².